The van der Waals surface area contributed by atoms with Crippen LogP contribution >= 0.6 is 11.6 Å². The Morgan fingerprint density at radius 2 is 1.88 bits per heavy atom. The summed E-state index contributed by atoms with van der Waals surface area (Å²) < 4.78 is 5.50. The lowest BCUT2D eigenvalue weighted by Crippen LogP contribution is -1.85. The third-order valence-electron chi connectivity index (χ3n) is 1.90. The lowest BCUT2D eigenvalue weighted by Gasteiger charge is -2.04. The molecular formula is C12H7ClN2O. The molecule has 2 aromatic rings. The van der Waals surface area contributed by atoms with Gasteiger partial charge in [0.05, 0.1) is 22.9 Å². The van der Waals surface area contributed by atoms with Crippen LogP contribution in [0, 0.1) is 11.3 Å². The van der Waals surface area contributed by atoms with Crippen molar-refractivity contribution in [3.05, 3.63) is 53.3 Å². The lowest BCUT2D eigenvalue weighted by atomic mass is 10.2. The topological polar surface area (TPSA) is 45.9 Å². The highest BCUT2D eigenvalue weighted by molar-refractivity contribution is 6.30. The molecule has 0 aliphatic heterocycles. The Balaban J connectivity index is 2.18. The van der Waals surface area contributed by atoms with E-state index in [9.17, 15) is 0 Å². The van der Waals surface area contributed by atoms with E-state index in [1.165, 1.54) is 6.20 Å². The normalized spacial score (nSPS) is 9.50. The number of hydrogen-bond donors (Lipinski definition) is 0. The molecule has 16 heavy (non-hydrogen) atoms. The first kappa shape index (κ1) is 10.5. The Hall–Kier alpha value is -2.05. The first-order chi connectivity index (χ1) is 7.78. The van der Waals surface area contributed by atoms with Crippen molar-refractivity contribution in [2.45, 2.75) is 0 Å². The van der Waals surface area contributed by atoms with Crippen LogP contribution in [0.3, 0.4) is 0 Å². The molecule has 1 heterocycles. The summed E-state index contributed by atoms with van der Waals surface area (Å²) >= 11 is 5.77. The van der Waals surface area contributed by atoms with Crippen LogP contribution in [0.5, 0.6) is 11.5 Å². The summed E-state index contributed by atoms with van der Waals surface area (Å²) in [5, 5.41) is 9.16. The summed E-state index contributed by atoms with van der Waals surface area (Å²) in [5.74, 6) is 1.21. The minimum Gasteiger partial charge on any atom is -0.456 e. The highest BCUT2D eigenvalue weighted by Crippen LogP contribution is 2.22. The number of pyridine rings is 1. The summed E-state index contributed by atoms with van der Waals surface area (Å²) in [7, 11) is 0. The van der Waals surface area contributed by atoms with E-state index in [1.807, 2.05) is 6.07 Å². The highest BCUT2D eigenvalue weighted by Gasteiger charge is 1.98. The first-order valence-electron chi connectivity index (χ1n) is 4.56. The van der Waals surface area contributed by atoms with E-state index in [0.29, 0.717) is 22.1 Å². The lowest BCUT2D eigenvalue weighted by molar-refractivity contribution is 0.480. The van der Waals surface area contributed by atoms with Gasteiger partial charge < -0.3 is 4.74 Å². The summed E-state index contributed by atoms with van der Waals surface area (Å²) in [4.78, 5) is 3.90. The van der Waals surface area contributed by atoms with Crippen molar-refractivity contribution < 1.29 is 4.74 Å². The summed E-state index contributed by atoms with van der Waals surface area (Å²) in [6.07, 6.45) is 3.11. The van der Waals surface area contributed by atoms with E-state index in [-0.39, 0.29) is 0 Å². The molecule has 0 radical (unpaired) electrons. The monoisotopic (exact) mass is 230 g/mol. The molecule has 0 aliphatic carbocycles. The van der Waals surface area contributed by atoms with Crippen molar-refractivity contribution in [3.8, 4) is 17.6 Å². The van der Waals surface area contributed by atoms with Crippen LogP contribution in [0.2, 0.25) is 5.02 Å². The van der Waals surface area contributed by atoms with Crippen molar-refractivity contribution >= 4 is 11.6 Å². The predicted octanol–water partition coefficient (Wildman–Crippen LogP) is 3.40. The smallest absolute Gasteiger partial charge is 0.147 e. The van der Waals surface area contributed by atoms with Crippen LogP contribution in [-0.2, 0) is 0 Å². The molecule has 0 bridgehead atoms. The Bertz CT molecular complexity index is 531. The Morgan fingerprint density at radius 3 is 2.50 bits per heavy atom. The van der Waals surface area contributed by atoms with Crippen molar-refractivity contribution in [2.75, 3.05) is 0 Å². The second-order valence-corrected chi connectivity index (χ2v) is 3.51. The van der Waals surface area contributed by atoms with Gasteiger partial charge in [-0.05, 0) is 24.3 Å². The standard InChI is InChI=1S/C12H7ClN2O/c13-10-5-12(8-15-7-10)16-11-3-1-9(6-14)2-4-11/h1-5,7-8H. The van der Waals surface area contributed by atoms with Gasteiger partial charge in [-0.15, -0.1) is 0 Å². The maximum Gasteiger partial charge on any atom is 0.147 e. The molecule has 0 unspecified atom stereocenters. The molecule has 0 atom stereocenters. The van der Waals surface area contributed by atoms with Crippen molar-refractivity contribution in [1.82, 2.24) is 4.98 Å². The largest absolute Gasteiger partial charge is 0.456 e. The van der Waals surface area contributed by atoms with Gasteiger partial charge in [-0.2, -0.15) is 5.26 Å². The number of rotatable bonds is 2. The Morgan fingerprint density at radius 1 is 1.12 bits per heavy atom. The number of halogens is 1. The van der Waals surface area contributed by atoms with E-state index in [0.717, 1.165) is 0 Å². The minimum absolute atomic E-state index is 0.520. The van der Waals surface area contributed by atoms with Gasteiger partial charge in [-0.25, -0.2) is 0 Å². The zero-order valence-corrected chi connectivity index (χ0v) is 8.98. The zero-order valence-electron chi connectivity index (χ0n) is 8.22. The van der Waals surface area contributed by atoms with Crippen molar-refractivity contribution in [1.29, 1.82) is 5.26 Å². The summed E-state index contributed by atoms with van der Waals surface area (Å²) in [6, 6.07) is 10.5. The second-order valence-electron chi connectivity index (χ2n) is 3.08. The van der Waals surface area contributed by atoms with Gasteiger partial charge in [0, 0.05) is 12.3 Å². The molecule has 0 saturated carbocycles. The van der Waals surface area contributed by atoms with Gasteiger partial charge in [0.1, 0.15) is 11.5 Å². The molecular weight excluding hydrogens is 224 g/mol. The van der Waals surface area contributed by atoms with E-state index in [2.05, 4.69) is 4.98 Å². The van der Waals surface area contributed by atoms with Crippen molar-refractivity contribution in [3.63, 3.8) is 0 Å². The molecule has 0 saturated heterocycles. The molecule has 0 spiro atoms. The number of ether oxygens (including phenoxy) is 1. The van der Waals surface area contributed by atoms with E-state index in [4.69, 9.17) is 21.6 Å². The number of aromatic nitrogens is 1. The molecule has 3 nitrogen and oxygen atoms in total. The van der Waals surface area contributed by atoms with Crippen LogP contribution in [0.15, 0.2) is 42.7 Å². The number of hydrogen-bond acceptors (Lipinski definition) is 3. The van der Waals surface area contributed by atoms with Crippen LogP contribution in [0.25, 0.3) is 0 Å². The van der Waals surface area contributed by atoms with Gasteiger partial charge in [-0.3, -0.25) is 4.98 Å². The fourth-order valence-corrected chi connectivity index (χ4v) is 1.35. The average molecular weight is 231 g/mol. The number of nitriles is 1. The van der Waals surface area contributed by atoms with Crippen LogP contribution in [0.4, 0.5) is 0 Å². The summed E-state index contributed by atoms with van der Waals surface area (Å²) in [6.45, 7) is 0. The average Bonchev–Trinajstić information content (AvgIpc) is 2.30. The Kier molecular flexibility index (Phi) is 3.04. The molecule has 0 aliphatic rings. The van der Waals surface area contributed by atoms with Crippen molar-refractivity contribution in [2.24, 2.45) is 0 Å². The van der Waals surface area contributed by atoms with E-state index >= 15 is 0 Å². The highest BCUT2D eigenvalue weighted by atomic mass is 35.5. The third kappa shape index (κ3) is 2.50. The molecule has 1 aromatic heterocycles. The molecule has 2 rings (SSSR count). The van der Waals surface area contributed by atoms with Crippen LogP contribution < -0.4 is 4.74 Å². The zero-order chi connectivity index (χ0) is 11.4. The van der Waals surface area contributed by atoms with E-state index < -0.39 is 0 Å². The van der Waals surface area contributed by atoms with Gasteiger partial charge in [0.2, 0.25) is 0 Å². The molecule has 0 N–H and O–H groups in total. The molecule has 0 fully saturated rings. The third-order valence-corrected chi connectivity index (χ3v) is 2.11. The maximum atomic E-state index is 8.64. The minimum atomic E-state index is 0.520. The molecule has 4 heteroatoms. The molecule has 0 amide bonds. The predicted molar refractivity (Wildman–Crippen MR) is 60.5 cm³/mol. The van der Waals surface area contributed by atoms with Gasteiger partial charge in [0.15, 0.2) is 0 Å². The number of benzene rings is 1. The number of nitrogens with zero attached hydrogens (tertiary/aromatic N) is 2. The fourth-order valence-electron chi connectivity index (χ4n) is 1.18. The maximum absolute atomic E-state index is 8.64. The molecule has 78 valence electrons. The van der Waals surface area contributed by atoms with Gasteiger partial charge in [0.25, 0.3) is 0 Å². The fraction of sp³-hybridized carbons (Fsp3) is 0. The van der Waals surface area contributed by atoms with Crippen LogP contribution in [0.1, 0.15) is 5.56 Å². The SMILES string of the molecule is N#Cc1ccc(Oc2cncc(Cl)c2)cc1. The van der Waals surface area contributed by atoms with Crippen LogP contribution in [-0.4, -0.2) is 4.98 Å². The quantitative estimate of drug-likeness (QED) is 0.794. The molecule has 1 aromatic carbocycles. The van der Waals surface area contributed by atoms with Gasteiger partial charge in [-0.1, -0.05) is 11.6 Å². The Labute approximate surface area is 97.9 Å². The second kappa shape index (κ2) is 4.65. The van der Waals surface area contributed by atoms with Gasteiger partial charge >= 0.3 is 0 Å². The summed E-state index contributed by atoms with van der Waals surface area (Å²) in [5.41, 5.74) is 0.594. The van der Waals surface area contributed by atoms with E-state index in [1.54, 1.807) is 36.5 Å². The first-order valence-corrected chi connectivity index (χ1v) is 4.94.